The zero-order valence-electron chi connectivity index (χ0n) is 18.3. The van der Waals surface area contributed by atoms with Crippen molar-refractivity contribution in [2.75, 3.05) is 7.11 Å². The standard InChI is InChI=1S/C25H23Br2NO6/c1-33-24(31)21(28-25(32)34-14-15-5-3-2-4-6-15)11-16-9-18(23(30)20(27)10-16)12-17-13-19(26)7-8-22(17)29/h2-10,13,21,29-30H,11-12,14H2,1H3,(H,28,32)/t21-/m0/s1. The Kier molecular flexibility index (Phi) is 8.95. The number of phenolic OH excluding ortho intramolecular Hbond substituents is 2. The van der Waals surface area contributed by atoms with Gasteiger partial charge in [-0.2, -0.15) is 0 Å². The van der Waals surface area contributed by atoms with Crippen molar-refractivity contribution >= 4 is 43.9 Å². The molecule has 3 aromatic rings. The van der Waals surface area contributed by atoms with Crippen molar-refractivity contribution < 1.29 is 29.3 Å². The molecular weight excluding hydrogens is 570 g/mol. The quantitative estimate of drug-likeness (QED) is 0.310. The van der Waals surface area contributed by atoms with E-state index >= 15 is 0 Å². The minimum atomic E-state index is -1.00. The van der Waals surface area contributed by atoms with E-state index < -0.39 is 18.1 Å². The van der Waals surface area contributed by atoms with E-state index in [1.807, 2.05) is 30.3 Å². The monoisotopic (exact) mass is 591 g/mol. The molecule has 9 heteroatoms. The van der Waals surface area contributed by atoms with Crippen molar-refractivity contribution in [3.8, 4) is 11.5 Å². The molecule has 178 valence electrons. The summed E-state index contributed by atoms with van der Waals surface area (Å²) in [6, 6.07) is 16.6. The molecule has 0 unspecified atom stereocenters. The molecule has 3 N–H and O–H groups in total. The molecule has 0 fully saturated rings. The van der Waals surface area contributed by atoms with E-state index in [1.165, 1.54) is 7.11 Å². The van der Waals surface area contributed by atoms with Gasteiger partial charge >= 0.3 is 12.1 Å². The second kappa shape index (κ2) is 11.9. The molecule has 1 atom stereocenters. The van der Waals surface area contributed by atoms with E-state index in [2.05, 4.69) is 37.2 Å². The topological polar surface area (TPSA) is 105 Å². The highest BCUT2D eigenvalue weighted by atomic mass is 79.9. The molecule has 7 nitrogen and oxygen atoms in total. The summed E-state index contributed by atoms with van der Waals surface area (Å²) in [6.07, 6.45) is -0.404. The molecule has 0 spiro atoms. The molecule has 34 heavy (non-hydrogen) atoms. The number of hydrogen-bond acceptors (Lipinski definition) is 6. The number of alkyl carbamates (subject to hydrolysis) is 1. The molecule has 0 saturated heterocycles. The van der Waals surface area contributed by atoms with Crippen LogP contribution in [0.2, 0.25) is 0 Å². The fourth-order valence-electron chi connectivity index (χ4n) is 3.35. The van der Waals surface area contributed by atoms with Gasteiger partial charge in [0, 0.05) is 17.3 Å². The summed E-state index contributed by atoms with van der Waals surface area (Å²) >= 11 is 6.72. The number of phenols is 2. The van der Waals surface area contributed by atoms with E-state index in [4.69, 9.17) is 9.47 Å². The normalized spacial score (nSPS) is 11.5. The van der Waals surface area contributed by atoms with Gasteiger partial charge in [-0.3, -0.25) is 0 Å². The summed E-state index contributed by atoms with van der Waals surface area (Å²) in [6.45, 7) is 0.0611. The third kappa shape index (κ3) is 6.98. The summed E-state index contributed by atoms with van der Waals surface area (Å²) in [7, 11) is 1.24. The van der Waals surface area contributed by atoms with Crippen LogP contribution in [0, 0.1) is 0 Å². The lowest BCUT2D eigenvalue weighted by atomic mass is 9.98. The highest BCUT2D eigenvalue weighted by Gasteiger charge is 2.24. The number of esters is 1. The average Bonchev–Trinajstić information content (AvgIpc) is 2.82. The van der Waals surface area contributed by atoms with Gasteiger partial charge in [-0.15, -0.1) is 0 Å². The van der Waals surface area contributed by atoms with Crippen LogP contribution in [-0.4, -0.2) is 35.4 Å². The molecule has 0 saturated carbocycles. The predicted octanol–water partition coefficient (Wildman–Crippen LogP) is 5.22. The zero-order chi connectivity index (χ0) is 24.7. The molecule has 0 aromatic heterocycles. The Balaban J connectivity index is 1.76. The van der Waals surface area contributed by atoms with Crippen molar-refractivity contribution in [2.45, 2.75) is 25.5 Å². The smallest absolute Gasteiger partial charge is 0.408 e. The number of carbonyl (C=O) groups excluding carboxylic acids is 2. The van der Waals surface area contributed by atoms with E-state index in [0.717, 1.165) is 10.0 Å². The number of carbonyl (C=O) groups is 2. The number of benzene rings is 3. The van der Waals surface area contributed by atoms with Crippen LogP contribution in [0.25, 0.3) is 0 Å². The van der Waals surface area contributed by atoms with Gasteiger partial charge < -0.3 is 25.0 Å². The molecule has 3 aromatic carbocycles. The Morgan fingerprint density at radius 1 is 0.971 bits per heavy atom. The number of halogens is 2. The summed E-state index contributed by atoms with van der Waals surface area (Å²) in [5.41, 5.74) is 2.62. The maximum absolute atomic E-state index is 12.3. The van der Waals surface area contributed by atoms with Crippen LogP contribution < -0.4 is 5.32 Å². The highest BCUT2D eigenvalue weighted by molar-refractivity contribution is 9.10. The van der Waals surface area contributed by atoms with Gasteiger partial charge in [0.1, 0.15) is 24.1 Å². The first-order valence-corrected chi connectivity index (χ1v) is 11.9. The largest absolute Gasteiger partial charge is 0.508 e. The summed E-state index contributed by atoms with van der Waals surface area (Å²) in [4.78, 5) is 24.7. The maximum Gasteiger partial charge on any atom is 0.408 e. The first kappa shape index (κ1) is 25.6. The summed E-state index contributed by atoms with van der Waals surface area (Å²) in [5.74, 6) is -0.514. The third-order valence-corrected chi connectivity index (χ3v) is 6.15. The van der Waals surface area contributed by atoms with Gasteiger partial charge in [-0.05, 0) is 62.4 Å². The minimum absolute atomic E-state index is 0.0213. The maximum atomic E-state index is 12.3. The van der Waals surface area contributed by atoms with Crippen LogP contribution in [0.5, 0.6) is 11.5 Å². The molecular formula is C25H23Br2NO6. The molecule has 0 heterocycles. The Labute approximate surface area is 214 Å². The second-order valence-corrected chi connectivity index (χ2v) is 9.29. The first-order chi connectivity index (χ1) is 16.3. The van der Waals surface area contributed by atoms with Gasteiger partial charge in [0.05, 0.1) is 11.6 Å². The molecule has 0 aliphatic rings. The fraction of sp³-hybridized carbons (Fsp3) is 0.200. The van der Waals surface area contributed by atoms with Crippen LogP contribution in [0.1, 0.15) is 22.3 Å². The zero-order valence-corrected chi connectivity index (χ0v) is 21.4. The number of methoxy groups -OCH3 is 1. The lowest BCUT2D eigenvalue weighted by Gasteiger charge is -2.18. The van der Waals surface area contributed by atoms with Gasteiger partial charge in [0.15, 0.2) is 0 Å². The second-order valence-electron chi connectivity index (χ2n) is 7.52. The lowest BCUT2D eigenvalue weighted by Crippen LogP contribution is -2.43. The highest BCUT2D eigenvalue weighted by Crippen LogP contribution is 2.34. The number of hydrogen-bond donors (Lipinski definition) is 3. The van der Waals surface area contributed by atoms with E-state index in [-0.39, 0.29) is 30.9 Å². The average molecular weight is 593 g/mol. The number of aromatic hydroxyl groups is 2. The molecule has 0 radical (unpaired) electrons. The van der Waals surface area contributed by atoms with Crippen LogP contribution in [0.4, 0.5) is 4.79 Å². The SMILES string of the molecule is COC(=O)[C@H](Cc1cc(Br)c(O)c(Cc2cc(Br)ccc2O)c1)NC(=O)OCc1ccccc1. The van der Waals surface area contributed by atoms with Gasteiger partial charge in [0.2, 0.25) is 0 Å². The predicted molar refractivity (Wildman–Crippen MR) is 134 cm³/mol. The van der Waals surface area contributed by atoms with Crippen molar-refractivity contribution in [1.82, 2.24) is 5.32 Å². The number of ether oxygens (including phenoxy) is 2. The molecule has 1 amide bonds. The third-order valence-electron chi connectivity index (χ3n) is 5.05. The first-order valence-electron chi connectivity index (χ1n) is 10.3. The Bertz CT molecular complexity index is 1170. The number of nitrogens with one attached hydrogen (secondary N) is 1. The van der Waals surface area contributed by atoms with Crippen LogP contribution >= 0.6 is 31.9 Å². The van der Waals surface area contributed by atoms with Crippen molar-refractivity contribution in [2.24, 2.45) is 0 Å². The van der Waals surface area contributed by atoms with Crippen LogP contribution in [0.3, 0.4) is 0 Å². The molecule has 0 aliphatic carbocycles. The van der Waals surface area contributed by atoms with Gasteiger partial charge in [-0.25, -0.2) is 9.59 Å². The lowest BCUT2D eigenvalue weighted by molar-refractivity contribution is -0.143. The van der Waals surface area contributed by atoms with Gasteiger partial charge in [-0.1, -0.05) is 52.3 Å². The summed E-state index contributed by atoms with van der Waals surface area (Å²) in [5, 5.41) is 23.3. The summed E-state index contributed by atoms with van der Waals surface area (Å²) < 4.78 is 11.3. The molecule has 0 bridgehead atoms. The van der Waals surface area contributed by atoms with Gasteiger partial charge in [0.25, 0.3) is 0 Å². The molecule has 3 rings (SSSR count). The number of amides is 1. The van der Waals surface area contributed by atoms with Crippen molar-refractivity contribution in [3.05, 3.63) is 91.9 Å². The van der Waals surface area contributed by atoms with Crippen molar-refractivity contribution in [1.29, 1.82) is 0 Å². The van der Waals surface area contributed by atoms with Crippen LogP contribution in [0.15, 0.2) is 69.6 Å². The Morgan fingerprint density at radius 3 is 2.41 bits per heavy atom. The van der Waals surface area contributed by atoms with E-state index in [0.29, 0.717) is 21.2 Å². The fourth-order valence-corrected chi connectivity index (χ4v) is 4.31. The number of rotatable bonds is 8. The van der Waals surface area contributed by atoms with Crippen LogP contribution in [-0.2, 0) is 33.7 Å². The molecule has 0 aliphatic heterocycles. The minimum Gasteiger partial charge on any atom is -0.508 e. The van der Waals surface area contributed by atoms with Crippen molar-refractivity contribution in [3.63, 3.8) is 0 Å². The Hall–Kier alpha value is -3.04. The van der Waals surface area contributed by atoms with E-state index in [1.54, 1.807) is 30.3 Å². The van der Waals surface area contributed by atoms with E-state index in [9.17, 15) is 19.8 Å². The Morgan fingerprint density at radius 2 is 1.71 bits per heavy atom.